The highest BCUT2D eigenvalue weighted by atomic mass is 16.7. The summed E-state index contributed by atoms with van der Waals surface area (Å²) in [5.41, 5.74) is 8.26. The van der Waals surface area contributed by atoms with E-state index in [2.05, 4.69) is 10.0 Å². The molecule has 1 fully saturated rings. The molecule has 12 heavy (non-hydrogen) atoms. The molecule has 0 aromatic heterocycles. The zero-order valence-electron chi connectivity index (χ0n) is 7.30. The van der Waals surface area contributed by atoms with Crippen molar-refractivity contribution in [2.45, 2.75) is 38.2 Å². The Kier molecular flexibility index (Phi) is 3.34. The second kappa shape index (κ2) is 4.30. The average molecular weight is 171 g/mol. The molecule has 1 aliphatic rings. The molecule has 0 saturated carbocycles. The number of nitrogens with zero attached hydrogens (tertiary/aromatic N) is 3. The van der Waals surface area contributed by atoms with Crippen LogP contribution in [-0.2, 0) is 9.47 Å². The van der Waals surface area contributed by atoms with Gasteiger partial charge in [0.25, 0.3) is 0 Å². The third-order valence-corrected chi connectivity index (χ3v) is 2.05. The highest BCUT2D eigenvalue weighted by molar-refractivity contribution is 4.83. The number of methoxy groups -OCH3 is 1. The van der Waals surface area contributed by atoms with Gasteiger partial charge in [-0.1, -0.05) is 12.0 Å². The van der Waals surface area contributed by atoms with Gasteiger partial charge in [0.2, 0.25) is 0 Å². The van der Waals surface area contributed by atoms with Crippen LogP contribution in [0.4, 0.5) is 0 Å². The van der Waals surface area contributed by atoms with Gasteiger partial charge in [-0.3, -0.25) is 0 Å². The molecule has 3 atom stereocenters. The lowest BCUT2D eigenvalue weighted by Gasteiger charge is -2.11. The van der Waals surface area contributed by atoms with Gasteiger partial charge in [-0.05, 0) is 12.0 Å². The number of rotatable bonds is 3. The van der Waals surface area contributed by atoms with Crippen molar-refractivity contribution < 1.29 is 9.47 Å². The maximum absolute atomic E-state index is 8.26. The van der Waals surface area contributed by atoms with E-state index in [1.807, 2.05) is 6.92 Å². The number of hydrogen-bond donors (Lipinski definition) is 0. The quantitative estimate of drug-likeness (QED) is 0.369. The summed E-state index contributed by atoms with van der Waals surface area (Å²) in [6.07, 6.45) is 1.33. The molecule has 1 aliphatic heterocycles. The molecule has 0 aromatic rings. The molecule has 0 amide bonds. The molecule has 0 bridgehead atoms. The van der Waals surface area contributed by atoms with Crippen LogP contribution < -0.4 is 0 Å². The van der Waals surface area contributed by atoms with E-state index in [0.717, 1.165) is 6.42 Å². The summed E-state index contributed by atoms with van der Waals surface area (Å²) in [6, 6.07) is -0.0649. The van der Waals surface area contributed by atoms with Gasteiger partial charge in [-0.15, -0.1) is 0 Å². The standard InChI is InChI=1S/C7H13N3O2/c1-3-6-5(9-10-8)4-7(11-2)12-6/h5-7H,3-4H2,1-2H3/t5-,6-,7?/m1/s1. The fraction of sp³-hybridized carbons (Fsp3) is 1.00. The lowest BCUT2D eigenvalue weighted by atomic mass is 10.1. The van der Waals surface area contributed by atoms with Gasteiger partial charge < -0.3 is 9.47 Å². The minimum atomic E-state index is -0.203. The van der Waals surface area contributed by atoms with E-state index in [-0.39, 0.29) is 18.4 Å². The van der Waals surface area contributed by atoms with Gasteiger partial charge in [0.1, 0.15) is 0 Å². The molecule has 0 aromatic carbocycles. The first kappa shape index (κ1) is 9.32. The van der Waals surface area contributed by atoms with E-state index in [1.165, 1.54) is 0 Å². The van der Waals surface area contributed by atoms with Crippen LogP contribution in [0.1, 0.15) is 19.8 Å². The van der Waals surface area contributed by atoms with Crippen molar-refractivity contribution in [1.29, 1.82) is 0 Å². The first-order valence-electron chi connectivity index (χ1n) is 4.04. The summed E-state index contributed by atoms with van der Waals surface area (Å²) in [5.74, 6) is 0. The molecular weight excluding hydrogens is 158 g/mol. The maximum atomic E-state index is 8.26. The Morgan fingerprint density at radius 1 is 1.75 bits per heavy atom. The predicted molar refractivity (Wildman–Crippen MR) is 43.5 cm³/mol. The summed E-state index contributed by atoms with van der Waals surface area (Å²) in [5, 5.41) is 3.65. The van der Waals surface area contributed by atoms with Crippen LogP contribution in [0.15, 0.2) is 5.11 Å². The summed E-state index contributed by atoms with van der Waals surface area (Å²) >= 11 is 0. The van der Waals surface area contributed by atoms with Gasteiger partial charge in [0.05, 0.1) is 12.1 Å². The minimum absolute atomic E-state index is 0.0193. The molecule has 5 heteroatoms. The van der Waals surface area contributed by atoms with Crippen LogP contribution in [0.3, 0.4) is 0 Å². The first-order chi connectivity index (χ1) is 5.81. The van der Waals surface area contributed by atoms with Crippen LogP contribution >= 0.6 is 0 Å². The molecule has 0 N–H and O–H groups in total. The molecule has 0 aliphatic carbocycles. The normalized spacial score (nSPS) is 34.7. The fourth-order valence-corrected chi connectivity index (χ4v) is 1.40. The highest BCUT2D eigenvalue weighted by Crippen LogP contribution is 2.25. The van der Waals surface area contributed by atoms with Crippen LogP contribution in [0, 0.1) is 0 Å². The second-order valence-corrected chi connectivity index (χ2v) is 2.76. The van der Waals surface area contributed by atoms with Gasteiger partial charge in [-0.25, -0.2) is 0 Å². The number of hydrogen-bond acceptors (Lipinski definition) is 3. The smallest absolute Gasteiger partial charge is 0.158 e. The average Bonchev–Trinajstić information content (AvgIpc) is 2.48. The van der Waals surface area contributed by atoms with Crippen molar-refractivity contribution in [2.75, 3.05) is 7.11 Å². The van der Waals surface area contributed by atoms with Crippen LogP contribution in [0.5, 0.6) is 0 Å². The molecular formula is C7H13N3O2. The Hall–Kier alpha value is -0.770. The lowest BCUT2D eigenvalue weighted by Crippen LogP contribution is -2.17. The molecule has 5 nitrogen and oxygen atoms in total. The third kappa shape index (κ3) is 1.88. The van der Waals surface area contributed by atoms with Crippen molar-refractivity contribution >= 4 is 0 Å². The molecule has 0 spiro atoms. The zero-order chi connectivity index (χ0) is 8.97. The lowest BCUT2D eigenvalue weighted by molar-refractivity contribution is -0.115. The number of azide groups is 1. The van der Waals surface area contributed by atoms with Crippen LogP contribution in [-0.4, -0.2) is 25.5 Å². The Bertz CT molecular complexity index is 191. The molecule has 1 rings (SSSR count). The largest absolute Gasteiger partial charge is 0.356 e. The highest BCUT2D eigenvalue weighted by Gasteiger charge is 2.33. The topological polar surface area (TPSA) is 67.2 Å². The van der Waals surface area contributed by atoms with E-state index in [4.69, 9.17) is 15.0 Å². The van der Waals surface area contributed by atoms with Gasteiger partial charge >= 0.3 is 0 Å². The van der Waals surface area contributed by atoms with Crippen LogP contribution in [0.25, 0.3) is 10.4 Å². The summed E-state index contributed by atoms with van der Waals surface area (Å²) in [7, 11) is 1.59. The van der Waals surface area contributed by atoms with Gasteiger partial charge in [0.15, 0.2) is 6.29 Å². The Morgan fingerprint density at radius 3 is 3.00 bits per heavy atom. The Balaban J connectivity index is 2.55. The second-order valence-electron chi connectivity index (χ2n) is 2.76. The Labute approximate surface area is 71.3 Å². The van der Waals surface area contributed by atoms with Crippen molar-refractivity contribution in [3.05, 3.63) is 10.4 Å². The van der Waals surface area contributed by atoms with E-state index in [9.17, 15) is 0 Å². The van der Waals surface area contributed by atoms with E-state index in [1.54, 1.807) is 7.11 Å². The fourth-order valence-electron chi connectivity index (χ4n) is 1.40. The molecule has 1 unspecified atom stereocenters. The number of ether oxygens (including phenoxy) is 2. The van der Waals surface area contributed by atoms with Gasteiger partial charge in [-0.2, -0.15) is 0 Å². The molecule has 1 saturated heterocycles. The molecule has 1 heterocycles. The first-order valence-corrected chi connectivity index (χ1v) is 4.04. The summed E-state index contributed by atoms with van der Waals surface area (Å²) < 4.78 is 10.5. The predicted octanol–water partition coefficient (Wildman–Crippen LogP) is 1.84. The van der Waals surface area contributed by atoms with Crippen molar-refractivity contribution in [2.24, 2.45) is 5.11 Å². The maximum Gasteiger partial charge on any atom is 0.158 e. The van der Waals surface area contributed by atoms with Crippen molar-refractivity contribution in [3.8, 4) is 0 Å². The monoisotopic (exact) mass is 171 g/mol. The van der Waals surface area contributed by atoms with Crippen molar-refractivity contribution in [1.82, 2.24) is 0 Å². The molecule has 68 valence electrons. The van der Waals surface area contributed by atoms with E-state index >= 15 is 0 Å². The third-order valence-electron chi connectivity index (χ3n) is 2.05. The summed E-state index contributed by atoms with van der Waals surface area (Å²) in [4.78, 5) is 2.77. The van der Waals surface area contributed by atoms with Crippen molar-refractivity contribution in [3.63, 3.8) is 0 Å². The SMILES string of the molecule is CC[C@H]1OC(OC)C[C@H]1N=[N+]=[N-]. The van der Waals surface area contributed by atoms with Crippen LogP contribution in [0.2, 0.25) is 0 Å². The van der Waals surface area contributed by atoms with E-state index in [0.29, 0.717) is 6.42 Å². The summed E-state index contributed by atoms with van der Waals surface area (Å²) in [6.45, 7) is 2.00. The Morgan fingerprint density at radius 2 is 2.50 bits per heavy atom. The zero-order valence-corrected chi connectivity index (χ0v) is 7.30. The molecule has 0 radical (unpaired) electrons. The van der Waals surface area contributed by atoms with E-state index < -0.39 is 0 Å². The minimum Gasteiger partial charge on any atom is -0.356 e. The van der Waals surface area contributed by atoms with Gasteiger partial charge in [0, 0.05) is 18.4 Å².